The maximum Gasteiger partial charge on any atom is 0.310 e. The summed E-state index contributed by atoms with van der Waals surface area (Å²) in [6.07, 6.45) is 0. The Labute approximate surface area is 88.2 Å². The Morgan fingerprint density at radius 1 is 1.47 bits per heavy atom. The molecule has 0 atom stereocenters. The van der Waals surface area contributed by atoms with Crippen LogP contribution in [0.4, 0.5) is 0 Å². The van der Waals surface area contributed by atoms with Gasteiger partial charge < -0.3 is 9.67 Å². The maximum absolute atomic E-state index is 11.5. The summed E-state index contributed by atoms with van der Waals surface area (Å²) < 4.78 is 1.48. The van der Waals surface area contributed by atoms with Crippen molar-refractivity contribution < 1.29 is 9.90 Å². The number of hydrogen-bond acceptors (Lipinski definition) is 2. The molecule has 1 aromatic heterocycles. The van der Waals surface area contributed by atoms with Crippen molar-refractivity contribution in [2.45, 2.75) is 27.3 Å². The SMILES string of the molecule is Cc1cccc(=O)n1CC(C)(C)C(=O)O. The lowest BCUT2D eigenvalue weighted by Gasteiger charge is -2.21. The lowest BCUT2D eigenvalue weighted by atomic mass is 9.93. The fourth-order valence-corrected chi connectivity index (χ4v) is 1.29. The Morgan fingerprint density at radius 2 is 2.07 bits per heavy atom. The molecular formula is C11H15NO3. The molecular weight excluding hydrogens is 194 g/mol. The average molecular weight is 209 g/mol. The van der Waals surface area contributed by atoms with E-state index in [9.17, 15) is 9.59 Å². The summed E-state index contributed by atoms with van der Waals surface area (Å²) in [5, 5.41) is 8.97. The van der Waals surface area contributed by atoms with Crippen LogP contribution in [0.15, 0.2) is 23.0 Å². The second kappa shape index (κ2) is 3.88. The van der Waals surface area contributed by atoms with E-state index in [2.05, 4.69) is 0 Å². The smallest absolute Gasteiger partial charge is 0.310 e. The molecule has 0 fully saturated rings. The summed E-state index contributed by atoms with van der Waals surface area (Å²) in [5.41, 5.74) is -0.322. The van der Waals surface area contributed by atoms with Gasteiger partial charge in [0, 0.05) is 18.3 Å². The van der Waals surface area contributed by atoms with Gasteiger partial charge in [0.15, 0.2) is 0 Å². The number of aromatic nitrogens is 1. The van der Waals surface area contributed by atoms with E-state index in [1.54, 1.807) is 32.9 Å². The zero-order valence-corrected chi connectivity index (χ0v) is 9.15. The van der Waals surface area contributed by atoms with Crippen LogP contribution in [0.5, 0.6) is 0 Å². The van der Waals surface area contributed by atoms with Crippen molar-refractivity contribution in [1.29, 1.82) is 0 Å². The summed E-state index contributed by atoms with van der Waals surface area (Å²) in [6.45, 7) is 5.19. The monoisotopic (exact) mass is 209 g/mol. The van der Waals surface area contributed by atoms with Gasteiger partial charge in [0.1, 0.15) is 0 Å². The molecule has 0 aliphatic rings. The van der Waals surface area contributed by atoms with E-state index in [1.807, 2.05) is 0 Å². The Morgan fingerprint density at radius 3 is 2.53 bits per heavy atom. The van der Waals surface area contributed by atoms with Crippen molar-refractivity contribution in [3.63, 3.8) is 0 Å². The highest BCUT2D eigenvalue weighted by Crippen LogP contribution is 2.17. The minimum Gasteiger partial charge on any atom is -0.481 e. The van der Waals surface area contributed by atoms with Crippen LogP contribution < -0.4 is 5.56 Å². The minimum absolute atomic E-state index is 0.163. The van der Waals surface area contributed by atoms with Crippen LogP contribution in [0.1, 0.15) is 19.5 Å². The molecule has 0 unspecified atom stereocenters. The van der Waals surface area contributed by atoms with Crippen molar-refractivity contribution in [1.82, 2.24) is 4.57 Å². The molecule has 0 saturated carbocycles. The summed E-state index contributed by atoms with van der Waals surface area (Å²) in [7, 11) is 0. The van der Waals surface area contributed by atoms with Crippen LogP contribution in [-0.4, -0.2) is 15.6 Å². The van der Waals surface area contributed by atoms with Gasteiger partial charge in [-0.3, -0.25) is 9.59 Å². The molecule has 15 heavy (non-hydrogen) atoms. The molecule has 0 spiro atoms. The van der Waals surface area contributed by atoms with Gasteiger partial charge in [0.25, 0.3) is 5.56 Å². The highest BCUT2D eigenvalue weighted by molar-refractivity contribution is 5.73. The highest BCUT2D eigenvalue weighted by atomic mass is 16.4. The molecule has 82 valence electrons. The molecule has 1 N–H and O–H groups in total. The predicted octanol–water partition coefficient (Wildman–Crippen LogP) is 1.27. The zero-order valence-electron chi connectivity index (χ0n) is 9.15. The number of nitrogens with zero attached hydrogens (tertiary/aromatic N) is 1. The first kappa shape index (κ1) is 11.5. The lowest BCUT2D eigenvalue weighted by Crippen LogP contribution is -2.34. The van der Waals surface area contributed by atoms with Gasteiger partial charge in [-0.15, -0.1) is 0 Å². The third-order valence-corrected chi connectivity index (χ3v) is 2.40. The number of carbonyl (C=O) groups is 1. The Balaban J connectivity index is 3.10. The van der Waals surface area contributed by atoms with Crippen molar-refractivity contribution >= 4 is 5.97 Å². The first-order valence-corrected chi connectivity index (χ1v) is 4.74. The van der Waals surface area contributed by atoms with Crippen LogP contribution in [0.25, 0.3) is 0 Å². The molecule has 0 amide bonds. The summed E-state index contributed by atoms with van der Waals surface area (Å²) >= 11 is 0. The minimum atomic E-state index is -0.935. The molecule has 0 bridgehead atoms. The van der Waals surface area contributed by atoms with Crippen molar-refractivity contribution in [3.05, 3.63) is 34.2 Å². The topological polar surface area (TPSA) is 59.3 Å². The number of carboxylic acids is 1. The largest absolute Gasteiger partial charge is 0.481 e. The number of carboxylic acid groups (broad SMARTS) is 1. The standard InChI is InChI=1S/C11H15NO3/c1-8-5-4-6-9(13)12(8)7-11(2,3)10(14)15/h4-6H,7H2,1-3H3,(H,14,15). The molecule has 4 nitrogen and oxygen atoms in total. The van der Waals surface area contributed by atoms with E-state index in [0.29, 0.717) is 0 Å². The van der Waals surface area contributed by atoms with Crippen LogP contribution in [0.2, 0.25) is 0 Å². The summed E-state index contributed by atoms with van der Waals surface area (Å²) in [5.74, 6) is -0.905. The second-order valence-corrected chi connectivity index (χ2v) is 4.28. The molecule has 4 heteroatoms. The number of aliphatic carboxylic acids is 1. The third kappa shape index (κ3) is 2.46. The molecule has 0 aromatic carbocycles. The number of pyridine rings is 1. The fraction of sp³-hybridized carbons (Fsp3) is 0.455. The van der Waals surface area contributed by atoms with Crippen LogP contribution >= 0.6 is 0 Å². The number of rotatable bonds is 3. The highest BCUT2D eigenvalue weighted by Gasteiger charge is 2.28. The predicted molar refractivity (Wildman–Crippen MR) is 56.9 cm³/mol. The zero-order chi connectivity index (χ0) is 11.6. The normalized spacial score (nSPS) is 11.4. The van der Waals surface area contributed by atoms with Gasteiger partial charge in [0.2, 0.25) is 0 Å². The molecule has 1 heterocycles. The van der Waals surface area contributed by atoms with Gasteiger partial charge in [-0.25, -0.2) is 0 Å². The molecule has 1 aromatic rings. The van der Waals surface area contributed by atoms with Gasteiger partial charge >= 0.3 is 5.97 Å². The Bertz CT molecular complexity index is 432. The first-order valence-electron chi connectivity index (χ1n) is 4.74. The quantitative estimate of drug-likeness (QED) is 0.815. The third-order valence-electron chi connectivity index (χ3n) is 2.40. The molecule has 0 aliphatic heterocycles. The summed E-state index contributed by atoms with van der Waals surface area (Å²) in [6, 6.07) is 4.90. The van der Waals surface area contributed by atoms with Crippen LogP contribution in [0.3, 0.4) is 0 Å². The number of hydrogen-bond donors (Lipinski definition) is 1. The van der Waals surface area contributed by atoms with Crippen molar-refractivity contribution in [2.75, 3.05) is 0 Å². The van der Waals surface area contributed by atoms with Crippen molar-refractivity contribution in [3.8, 4) is 0 Å². The van der Waals surface area contributed by atoms with E-state index in [0.717, 1.165) is 5.69 Å². The van der Waals surface area contributed by atoms with E-state index in [-0.39, 0.29) is 12.1 Å². The Kier molecular flexibility index (Phi) is 2.98. The van der Waals surface area contributed by atoms with Gasteiger partial charge in [-0.2, -0.15) is 0 Å². The molecule has 0 saturated heterocycles. The lowest BCUT2D eigenvalue weighted by molar-refractivity contribution is -0.147. The second-order valence-electron chi connectivity index (χ2n) is 4.28. The first-order chi connectivity index (χ1) is 6.84. The molecule has 1 rings (SSSR count). The van der Waals surface area contributed by atoms with Gasteiger partial charge in [0.05, 0.1) is 5.41 Å². The van der Waals surface area contributed by atoms with E-state index in [4.69, 9.17) is 5.11 Å². The maximum atomic E-state index is 11.5. The van der Waals surface area contributed by atoms with E-state index in [1.165, 1.54) is 10.6 Å². The van der Waals surface area contributed by atoms with E-state index < -0.39 is 11.4 Å². The molecule has 0 aliphatic carbocycles. The van der Waals surface area contributed by atoms with Gasteiger partial charge in [-0.05, 0) is 26.8 Å². The van der Waals surface area contributed by atoms with Crippen LogP contribution in [0, 0.1) is 12.3 Å². The molecule has 0 radical (unpaired) electrons. The fourth-order valence-electron chi connectivity index (χ4n) is 1.29. The number of aryl methyl sites for hydroxylation is 1. The average Bonchev–Trinajstić information content (AvgIpc) is 2.11. The van der Waals surface area contributed by atoms with E-state index >= 15 is 0 Å². The van der Waals surface area contributed by atoms with Crippen LogP contribution in [-0.2, 0) is 11.3 Å². The van der Waals surface area contributed by atoms with Crippen molar-refractivity contribution in [2.24, 2.45) is 5.41 Å². The summed E-state index contributed by atoms with van der Waals surface area (Å²) in [4.78, 5) is 22.4. The van der Waals surface area contributed by atoms with Gasteiger partial charge in [-0.1, -0.05) is 6.07 Å². The Hall–Kier alpha value is -1.58.